The van der Waals surface area contributed by atoms with Crippen LogP contribution in [0.15, 0.2) is 18.2 Å². The van der Waals surface area contributed by atoms with E-state index in [2.05, 4.69) is 4.90 Å². The van der Waals surface area contributed by atoms with Gasteiger partial charge in [0.2, 0.25) is 0 Å². The Balaban J connectivity index is 1.99. The van der Waals surface area contributed by atoms with Crippen molar-refractivity contribution in [2.45, 2.75) is 6.42 Å². The molecule has 6 heteroatoms. The van der Waals surface area contributed by atoms with E-state index in [1.165, 1.54) is 0 Å². The second-order valence-corrected chi connectivity index (χ2v) is 6.01. The Morgan fingerprint density at radius 1 is 1.14 bits per heavy atom. The zero-order chi connectivity index (χ0) is 15.2. The number of hydrogen-bond acceptors (Lipinski definition) is 3. The van der Waals surface area contributed by atoms with Crippen molar-refractivity contribution in [2.75, 3.05) is 46.4 Å². The lowest BCUT2D eigenvalue weighted by Crippen LogP contribution is -2.36. The fourth-order valence-corrected chi connectivity index (χ4v) is 3.00. The van der Waals surface area contributed by atoms with Gasteiger partial charge in [-0.3, -0.25) is 9.69 Å². The standard InChI is InChI=1S/C15H20Cl2N2O2/c1-21-8-7-18-3-2-4-19(6-5-18)15(20)12-9-13(16)11-14(17)10-12/h9-11H,2-8H2,1H3. The molecule has 1 amide bonds. The molecule has 0 spiro atoms. The number of rotatable bonds is 4. The van der Waals surface area contributed by atoms with Crippen molar-refractivity contribution in [1.82, 2.24) is 9.80 Å². The van der Waals surface area contributed by atoms with Crippen LogP contribution in [0.1, 0.15) is 16.8 Å². The topological polar surface area (TPSA) is 32.8 Å². The zero-order valence-corrected chi connectivity index (χ0v) is 13.7. The highest BCUT2D eigenvalue weighted by Crippen LogP contribution is 2.20. The van der Waals surface area contributed by atoms with Crippen molar-refractivity contribution in [3.8, 4) is 0 Å². The predicted octanol–water partition coefficient (Wildman–Crippen LogP) is 2.79. The number of hydrogen-bond donors (Lipinski definition) is 0. The smallest absolute Gasteiger partial charge is 0.254 e. The van der Waals surface area contributed by atoms with Crippen LogP contribution in [0.25, 0.3) is 0 Å². The maximum absolute atomic E-state index is 12.5. The average molecular weight is 331 g/mol. The van der Waals surface area contributed by atoms with E-state index in [-0.39, 0.29) is 5.91 Å². The molecule has 1 aliphatic rings. The average Bonchev–Trinajstić information content (AvgIpc) is 2.68. The van der Waals surface area contributed by atoms with Crippen LogP contribution in [0, 0.1) is 0 Å². The summed E-state index contributed by atoms with van der Waals surface area (Å²) < 4.78 is 5.10. The quantitative estimate of drug-likeness (QED) is 0.851. The summed E-state index contributed by atoms with van der Waals surface area (Å²) in [7, 11) is 1.70. The molecular formula is C15H20Cl2N2O2. The maximum atomic E-state index is 12.5. The lowest BCUT2D eigenvalue weighted by atomic mass is 10.2. The molecule has 0 bridgehead atoms. The first kappa shape index (κ1) is 16.6. The molecule has 1 heterocycles. The normalized spacial score (nSPS) is 16.8. The van der Waals surface area contributed by atoms with Gasteiger partial charge >= 0.3 is 0 Å². The first-order valence-corrected chi connectivity index (χ1v) is 7.82. The molecule has 1 aliphatic heterocycles. The van der Waals surface area contributed by atoms with Gasteiger partial charge in [0.15, 0.2) is 0 Å². The van der Waals surface area contributed by atoms with Crippen LogP contribution in [-0.4, -0.2) is 62.1 Å². The van der Waals surface area contributed by atoms with Gasteiger partial charge in [-0.25, -0.2) is 0 Å². The summed E-state index contributed by atoms with van der Waals surface area (Å²) in [5, 5.41) is 0.977. The third kappa shape index (κ3) is 4.85. The van der Waals surface area contributed by atoms with Gasteiger partial charge in [-0.05, 0) is 31.2 Å². The van der Waals surface area contributed by atoms with Gasteiger partial charge in [-0.1, -0.05) is 23.2 Å². The Morgan fingerprint density at radius 3 is 2.52 bits per heavy atom. The summed E-state index contributed by atoms with van der Waals surface area (Å²) in [6.07, 6.45) is 0.962. The molecule has 0 unspecified atom stereocenters. The summed E-state index contributed by atoms with van der Waals surface area (Å²) in [6, 6.07) is 4.97. The molecule has 0 radical (unpaired) electrons. The minimum Gasteiger partial charge on any atom is -0.383 e. The number of carbonyl (C=O) groups excluding carboxylic acids is 1. The first-order valence-electron chi connectivity index (χ1n) is 7.07. The van der Waals surface area contributed by atoms with Crippen molar-refractivity contribution in [3.05, 3.63) is 33.8 Å². The van der Waals surface area contributed by atoms with Gasteiger partial charge in [0, 0.05) is 48.9 Å². The Hall–Kier alpha value is -0.810. The second kappa shape index (κ2) is 7.99. The van der Waals surface area contributed by atoms with Crippen molar-refractivity contribution >= 4 is 29.1 Å². The van der Waals surface area contributed by atoms with Crippen molar-refractivity contribution in [1.29, 1.82) is 0 Å². The number of methoxy groups -OCH3 is 1. The molecule has 2 rings (SSSR count). The number of ether oxygens (including phenoxy) is 1. The monoisotopic (exact) mass is 330 g/mol. The number of carbonyl (C=O) groups is 1. The Morgan fingerprint density at radius 2 is 1.86 bits per heavy atom. The van der Waals surface area contributed by atoms with Crippen LogP contribution in [-0.2, 0) is 4.74 Å². The molecule has 4 nitrogen and oxygen atoms in total. The second-order valence-electron chi connectivity index (χ2n) is 5.14. The minimum atomic E-state index is -0.00649. The number of nitrogens with zero attached hydrogens (tertiary/aromatic N) is 2. The lowest BCUT2D eigenvalue weighted by Gasteiger charge is -2.22. The van der Waals surface area contributed by atoms with Crippen LogP contribution in [0.5, 0.6) is 0 Å². The number of benzene rings is 1. The molecule has 0 atom stereocenters. The molecule has 0 aromatic heterocycles. The minimum absolute atomic E-state index is 0.00649. The van der Waals surface area contributed by atoms with Gasteiger partial charge < -0.3 is 9.64 Å². The summed E-state index contributed by atoms with van der Waals surface area (Å²) >= 11 is 11.9. The van der Waals surface area contributed by atoms with Crippen LogP contribution in [0.2, 0.25) is 10.0 Å². The fraction of sp³-hybridized carbons (Fsp3) is 0.533. The lowest BCUT2D eigenvalue weighted by molar-refractivity contribution is 0.0759. The SMILES string of the molecule is COCCN1CCCN(C(=O)c2cc(Cl)cc(Cl)c2)CC1. The summed E-state index contributed by atoms with van der Waals surface area (Å²) in [6.45, 7) is 4.95. The summed E-state index contributed by atoms with van der Waals surface area (Å²) in [5.41, 5.74) is 0.554. The molecule has 0 aliphatic carbocycles. The van der Waals surface area contributed by atoms with Crippen molar-refractivity contribution < 1.29 is 9.53 Å². The highest BCUT2D eigenvalue weighted by atomic mass is 35.5. The van der Waals surface area contributed by atoms with Gasteiger partial charge in [-0.15, -0.1) is 0 Å². The van der Waals surface area contributed by atoms with Gasteiger partial charge in [0.25, 0.3) is 5.91 Å². The van der Waals surface area contributed by atoms with E-state index in [0.29, 0.717) is 22.2 Å². The molecule has 0 saturated carbocycles. The number of halogens is 2. The van der Waals surface area contributed by atoms with Gasteiger partial charge in [-0.2, -0.15) is 0 Å². The molecule has 1 saturated heterocycles. The summed E-state index contributed by atoms with van der Waals surface area (Å²) in [5.74, 6) is -0.00649. The highest BCUT2D eigenvalue weighted by molar-refractivity contribution is 6.35. The van der Waals surface area contributed by atoms with E-state index in [0.717, 1.165) is 39.2 Å². The van der Waals surface area contributed by atoms with Gasteiger partial charge in [0.1, 0.15) is 0 Å². The zero-order valence-electron chi connectivity index (χ0n) is 12.1. The van der Waals surface area contributed by atoms with Crippen LogP contribution in [0.4, 0.5) is 0 Å². The van der Waals surface area contributed by atoms with E-state index < -0.39 is 0 Å². The van der Waals surface area contributed by atoms with E-state index in [4.69, 9.17) is 27.9 Å². The maximum Gasteiger partial charge on any atom is 0.254 e. The third-order valence-corrected chi connectivity index (χ3v) is 4.03. The third-order valence-electron chi connectivity index (χ3n) is 3.60. The fourth-order valence-electron chi connectivity index (χ4n) is 2.48. The van der Waals surface area contributed by atoms with E-state index >= 15 is 0 Å². The Labute approximate surface area is 135 Å². The Kier molecular flexibility index (Phi) is 6.30. The van der Waals surface area contributed by atoms with Crippen LogP contribution < -0.4 is 0 Å². The molecule has 21 heavy (non-hydrogen) atoms. The molecule has 0 N–H and O–H groups in total. The van der Waals surface area contributed by atoms with Crippen molar-refractivity contribution in [2.24, 2.45) is 0 Å². The van der Waals surface area contributed by atoms with Gasteiger partial charge in [0.05, 0.1) is 6.61 Å². The predicted molar refractivity (Wildman–Crippen MR) is 85.3 cm³/mol. The molecular weight excluding hydrogens is 311 g/mol. The first-order chi connectivity index (χ1) is 10.1. The number of amides is 1. The molecule has 1 aromatic carbocycles. The van der Waals surface area contributed by atoms with E-state index in [1.807, 2.05) is 4.90 Å². The summed E-state index contributed by atoms with van der Waals surface area (Å²) in [4.78, 5) is 16.7. The van der Waals surface area contributed by atoms with E-state index in [9.17, 15) is 4.79 Å². The highest BCUT2D eigenvalue weighted by Gasteiger charge is 2.20. The Bertz CT molecular complexity index is 476. The van der Waals surface area contributed by atoms with Crippen LogP contribution >= 0.6 is 23.2 Å². The van der Waals surface area contributed by atoms with Crippen molar-refractivity contribution in [3.63, 3.8) is 0 Å². The van der Waals surface area contributed by atoms with E-state index in [1.54, 1.807) is 25.3 Å². The largest absolute Gasteiger partial charge is 0.383 e. The van der Waals surface area contributed by atoms with Crippen LogP contribution in [0.3, 0.4) is 0 Å². The molecule has 1 aromatic rings. The molecule has 116 valence electrons. The molecule has 1 fully saturated rings.